The SMILES string of the molecule is CCc1cc(CCC[C@H](C)N)nc(-c2cc3cn(-c4ccc([C@H](C)NCCCN=C(N)N)cc4)c(=O)nc3[nH]2)c1. The average Bonchev–Trinajstić information content (AvgIpc) is 3.34. The van der Waals surface area contributed by atoms with E-state index in [9.17, 15) is 4.79 Å². The Balaban J connectivity index is 1.52. The molecule has 0 aliphatic heterocycles. The van der Waals surface area contributed by atoms with E-state index in [2.05, 4.69) is 46.3 Å². The third-order valence-corrected chi connectivity index (χ3v) is 6.97. The second-order valence-corrected chi connectivity index (χ2v) is 10.4. The molecule has 0 radical (unpaired) electrons. The van der Waals surface area contributed by atoms with Gasteiger partial charge < -0.3 is 27.5 Å². The third-order valence-electron chi connectivity index (χ3n) is 6.97. The number of H-pyrrole nitrogens is 1. The fraction of sp³-hybridized carbons (Fsp3) is 0.400. The number of nitrogens with two attached hydrogens (primary N) is 3. The molecule has 10 heteroatoms. The van der Waals surface area contributed by atoms with Crippen molar-refractivity contribution in [2.75, 3.05) is 13.1 Å². The summed E-state index contributed by atoms with van der Waals surface area (Å²) in [6.45, 7) is 7.65. The second-order valence-electron chi connectivity index (χ2n) is 10.4. The minimum absolute atomic E-state index is 0.114. The molecule has 0 saturated carbocycles. The lowest BCUT2D eigenvalue weighted by atomic mass is 10.1. The predicted molar refractivity (Wildman–Crippen MR) is 163 cm³/mol. The van der Waals surface area contributed by atoms with Crippen molar-refractivity contribution < 1.29 is 0 Å². The maximum absolute atomic E-state index is 12.9. The highest BCUT2D eigenvalue weighted by Crippen LogP contribution is 2.24. The number of nitrogens with zero attached hydrogens (tertiary/aromatic N) is 4. The van der Waals surface area contributed by atoms with Gasteiger partial charge in [0.2, 0.25) is 0 Å². The number of aliphatic imine (C=N–C) groups is 1. The quantitative estimate of drug-likeness (QED) is 0.0979. The first-order valence-corrected chi connectivity index (χ1v) is 14.0. The average molecular weight is 544 g/mol. The molecule has 0 amide bonds. The van der Waals surface area contributed by atoms with Crippen molar-refractivity contribution in [2.24, 2.45) is 22.2 Å². The largest absolute Gasteiger partial charge is 0.370 e. The van der Waals surface area contributed by atoms with Crippen LogP contribution in [0.4, 0.5) is 0 Å². The lowest BCUT2D eigenvalue weighted by Gasteiger charge is -2.15. The van der Waals surface area contributed by atoms with Crippen molar-refractivity contribution in [3.63, 3.8) is 0 Å². The Bertz CT molecular complexity index is 1500. The fourth-order valence-electron chi connectivity index (χ4n) is 4.69. The number of hydrogen-bond donors (Lipinski definition) is 5. The molecule has 0 spiro atoms. The first kappa shape index (κ1) is 29.0. The first-order chi connectivity index (χ1) is 19.2. The fourth-order valence-corrected chi connectivity index (χ4v) is 4.69. The van der Waals surface area contributed by atoms with E-state index in [-0.39, 0.29) is 23.7 Å². The number of hydrogen-bond acceptors (Lipinski definition) is 6. The minimum Gasteiger partial charge on any atom is -0.370 e. The summed E-state index contributed by atoms with van der Waals surface area (Å²) < 4.78 is 1.58. The molecule has 10 nitrogen and oxygen atoms in total. The maximum atomic E-state index is 12.9. The normalized spacial score (nSPS) is 12.9. The van der Waals surface area contributed by atoms with Crippen LogP contribution in [0.2, 0.25) is 0 Å². The summed E-state index contributed by atoms with van der Waals surface area (Å²) in [5.74, 6) is 0.114. The molecule has 212 valence electrons. The van der Waals surface area contributed by atoms with E-state index in [0.717, 1.165) is 72.4 Å². The van der Waals surface area contributed by atoms with Crippen LogP contribution in [-0.2, 0) is 12.8 Å². The van der Waals surface area contributed by atoms with E-state index in [1.807, 2.05) is 43.5 Å². The molecule has 2 atom stereocenters. The number of fused-ring (bicyclic) bond motifs is 1. The molecular weight excluding hydrogens is 502 g/mol. The molecular formula is C30H41N9O. The molecule has 40 heavy (non-hydrogen) atoms. The van der Waals surface area contributed by atoms with Gasteiger partial charge in [-0.25, -0.2) is 4.79 Å². The smallest absolute Gasteiger partial charge is 0.354 e. The van der Waals surface area contributed by atoms with E-state index >= 15 is 0 Å². The van der Waals surface area contributed by atoms with E-state index in [4.69, 9.17) is 22.2 Å². The van der Waals surface area contributed by atoms with Crippen LogP contribution in [0, 0.1) is 0 Å². The molecule has 0 bridgehead atoms. The molecule has 0 unspecified atom stereocenters. The molecule has 3 aromatic heterocycles. The molecule has 0 fully saturated rings. The molecule has 1 aromatic carbocycles. The zero-order chi connectivity index (χ0) is 28.6. The van der Waals surface area contributed by atoms with E-state index in [1.165, 1.54) is 5.56 Å². The van der Waals surface area contributed by atoms with Crippen LogP contribution in [0.3, 0.4) is 0 Å². The third kappa shape index (κ3) is 7.55. The van der Waals surface area contributed by atoms with Gasteiger partial charge in [-0.15, -0.1) is 0 Å². The molecule has 4 aromatic rings. The maximum Gasteiger partial charge on any atom is 0.354 e. The lowest BCUT2D eigenvalue weighted by Crippen LogP contribution is -2.24. The van der Waals surface area contributed by atoms with Gasteiger partial charge in [-0.2, -0.15) is 4.98 Å². The summed E-state index contributed by atoms with van der Waals surface area (Å²) in [7, 11) is 0. The number of guanidine groups is 1. The Morgan fingerprint density at radius 2 is 1.88 bits per heavy atom. The number of nitrogens with one attached hydrogen (secondary N) is 2. The summed E-state index contributed by atoms with van der Waals surface area (Å²) >= 11 is 0. The Morgan fingerprint density at radius 1 is 1.10 bits per heavy atom. The Hall–Kier alpha value is -4.02. The number of rotatable bonds is 13. The van der Waals surface area contributed by atoms with Crippen molar-refractivity contribution in [3.05, 3.63) is 76.0 Å². The summed E-state index contributed by atoms with van der Waals surface area (Å²) in [5, 5.41) is 4.31. The highest BCUT2D eigenvalue weighted by molar-refractivity contribution is 5.81. The summed E-state index contributed by atoms with van der Waals surface area (Å²) in [6, 6.07) is 14.5. The number of aryl methyl sites for hydroxylation is 2. The van der Waals surface area contributed by atoms with Crippen molar-refractivity contribution in [3.8, 4) is 17.1 Å². The van der Waals surface area contributed by atoms with Gasteiger partial charge in [-0.1, -0.05) is 19.1 Å². The highest BCUT2D eigenvalue weighted by atomic mass is 16.1. The Kier molecular flexibility index (Phi) is 9.68. The van der Waals surface area contributed by atoms with Crippen LogP contribution in [-0.4, -0.2) is 44.6 Å². The zero-order valence-electron chi connectivity index (χ0n) is 23.7. The monoisotopic (exact) mass is 543 g/mol. The van der Waals surface area contributed by atoms with Crippen LogP contribution >= 0.6 is 0 Å². The Labute approximate surface area is 235 Å². The number of pyridine rings is 1. The van der Waals surface area contributed by atoms with Crippen LogP contribution in [0.25, 0.3) is 28.1 Å². The van der Waals surface area contributed by atoms with E-state index < -0.39 is 0 Å². The van der Waals surface area contributed by atoms with Gasteiger partial charge in [0.05, 0.1) is 17.1 Å². The van der Waals surface area contributed by atoms with Gasteiger partial charge in [0.1, 0.15) is 5.65 Å². The van der Waals surface area contributed by atoms with E-state index in [1.54, 1.807) is 4.57 Å². The van der Waals surface area contributed by atoms with Crippen molar-refractivity contribution in [1.29, 1.82) is 0 Å². The van der Waals surface area contributed by atoms with Crippen LogP contribution in [0.15, 0.2) is 58.4 Å². The number of aromatic nitrogens is 4. The van der Waals surface area contributed by atoms with Gasteiger partial charge >= 0.3 is 5.69 Å². The second kappa shape index (κ2) is 13.4. The van der Waals surface area contributed by atoms with Crippen molar-refractivity contribution in [2.45, 2.75) is 65.0 Å². The molecule has 3 heterocycles. The summed E-state index contributed by atoms with van der Waals surface area (Å²) in [6.07, 6.45) is 6.44. The van der Waals surface area contributed by atoms with E-state index in [0.29, 0.717) is 12.2 Å². The molecule has 0 aliphatic rings. The van der Waals surface area contributed by atoms with Gasteiger partial charge in [-0.05, 0) is 94.0 Å². The zero-order valence-corrected chi connectivity index (χ0v) is 23.7. The number of aromatic amines is 1. The predicted octanol–water partition coefficient (Wildman–Crippen LogP) is 3.32. The van der Waals surface area contributed by atoms with Crippen LogP contribution in [0.5, 0.6) is 0 Å². The highest BCUT2D eigenvalue weighted by Gasteiger charge is 2.12. The summed E-state index contributed by atoms with van der Waals surface area (Å²) in [5.41, 5.74) is 22.7. The van der Waals surface area contributed by atoms with Gasteiger partial charge in [0, 0.05) is 35.9 Å². The molecule has 0 aliphatic carbocycles. The lowest BCUT2D eigenvalue weighted by molar-refractivity contribution is 0.562. The molecule has 4 rings (SSSR count). The Morgan fingerprint density at radius 3 is 2.58 bits per heavy atom. The van der Waals surface area contributed by atoms with Crippen LogP contribution in [0.1, 0.15) is 62.9 Å². The first-order valence-electron chi connectivity index (χ1n) is 14.0. The van der Waals surface area contributed by atoms with Gasteiger partial charge in [0.25, 0.3) is 0 Å². The van der Waals surface area contributed by atoms with Crippen LogP contribution < -0.4 is 28.2 Å². The topological polar surface area (TPSA) is 166 Å². The number of benzene rings is 1. The molecule has 8 N–H and O–H groups in total. The van der Waals surface area contributed by atoms with Gasteiger partial charge in [0.15, 0.2) is 5.96 Å². The molecule has 0 saturated heterocycles. The minimum atomic E-state index is -0.341. The van der Waals surface area contributed by atoms with Gasteiger partial charge in [-0.3, -0.25) is 14.5 Å². The van der Waals surface area contributed by atoms with Crippen molar-refractivity contribution in [1.82, 2.24) is 24.8 Å². The summed E-state index contributed by atoms with van der Waals surface area (Å²) in [4.78, 5) is 29.5. The standard InChI is InChI=1S/C30H41N9O/c1-4-21-15-24(8-5-7-19(2)31)36-26(16-21)27-17-23-18-39(30(40)38-28(23)37-27)25-11-9-22(10-12-25)20(3)34-13-6-14-35-29(32)33/h9-12,15-20,34H,4-8,13-14,31H2,1-3H3,(H4,32,33,35)(H,37,38,40)/t19-,20-/m0/s1. The van der Waals surface area contributed by atoms with Crippen molar-refractivity contribution >= 4 is 17.0 Å².